The highest BCUT2D eigenvalue weighted by atomic mass is 19.1. The number of anilines is 1. The van der Waals surface area contributed by atoms with Crippen LogP contribution in [0, 0.1) is 29.4 Å². The van der Waals surface area contributed by atoms with Gasteiger partial charge in [0.25, 0.3) is 0 Å². The van der Waals surface area contributed by atoms with Gasteiger partial charge in [-0.05, 0) is 78.6 Å². The van der Waals surface area contributed by atoms with Gasteiger partial charge in [-0.2, -0.15) is 9.97 Å². The molecule has 9 nitrogen and oxygen atoms in total. The highest BCUT2D eigenvalue weighted by Gasteiger charge is 2.51. The average molecular weight is 634 g/mol. The van der Waals surface area contributed by atoms with Gasteiger partial charge in [0, 0.05) is 37.8 Å². The van der Waals surface area contributed by atoms with E-state index >= 15 is 4.39 Å². The van der Waals surface area contributed by atoms with Crippen molar-refractivity contribution < 1.29 is 32.9 Å². The minimum atomic E-state index is -0.944. The van der Waals surface area contributed by atoms with Crippen LogP contribution in [-0.4, -0.2) is 80.5 Å². The molecule has 2 aromatic heterocycles. The van der Waals surface area contributed by atoms with E-state index in [4.69, 9.17) is 9.72 Å². The molecule has 1 saturated carbocycles. The number of halogens is 3. The smallest absolute Gasteiger partial charge is 0.319 e. The third kappa shape index (κ3) is 4.47. The van der Waals surface area contributed by atoms with Crippen LogP contribution < -0.4 is 9.64 Å². The van der Waals surface area contributed by atoms with E-state index in [9.17, 15) is 23.8 Å². The summed E-state index contributed by atoms with van der Waals surface area (Å²) in [4.78, 5) is 29.6. The number of alkyl halides is 1. The molecular weight excluding hydrogens is 599 g/mol. The number of aromatic nitrogens is 3. The molecule has 1 aliphatic carbocycles. The zero-order valence-corrected chi connectivity index (χ0v) is 25.3. The minimum Gasteiger partial charge on any atom is -0.508 e. The normalized spacial score (nSPS) is 27.3. The number of benzene rings is 2. The topological polar surface area (TPSA) is 112 Å². The average Bonchev–Trinajstić information content (AvgIpc) is 3.65. The van der Waals surface area contributed by atoms with Gasteiger partial charge in [0.2, 0.25) is 0 Å². The summed E-state index contributed by atoms with van der Waals surface area (Å²) in [6, 6.07) is 5.70. The van der Waals surface area contributed by atoms with Crippen molar-refractivity contribution in [3.63, 3.8) is 0 Å². The Morgan fingerprint density at radius 1 is 1.17 bits per heavy atom. The first-order valence-corrected chi connectivity index (χ1v) is 16.0. The molecule has 0 bridgehead atoms. The molecule has 4 fully saturated rings. The van der Waals surface area contributed by atoms with Crippen molar-refractivity contribution in [1.82, 2.24) is 19.9 Å². The van der Waals surface area contributed by atoms with Crippen molar-refractivity contribution in [1.29, 1.82) is 0 Å². The summed E-state index contributed by atoms with van der Waals surface area (Å²) < 4.78 is 52.4. The van der Waals surface area contributed by atoms with Crippen LogP contribution in [0.1, 0.15) is 38.2 Å². The number of phenols is 1. The summed E-state index contributed by atoms with van der Waals surface area (Å²) in [5.41, 5.74) is -0.0151. The van der Waals surface area contributed by atoms with E-state index in [1.165, 1.54) is 24.4 Å². The molecule has 3 aliphatic heterocycles. The lowest BCUT2D eigenvalue weighted by molar-refractivity contribution is -0.149. The summed E-state index contributed by atoms with van der Waals surface area (Å²) in [5, 5.41) is 21.5. The van der Waals surface area contributed by atoms with Crippen LogP contribution in [0.2, 0.25) is 0 Å². The predicted octanol–water partition coefficient (Wildman–Crippen LogP) is 5.50. The zero-order valence-electron chi connectivity index (χ0n) is 25.3. The fraction of sp³-hybridized carbons (Fsp3) is 0.471. The lowest BCUT2D eigenvalue weighted by Crippen LogP contribution is -2.43. The SMILES string of the molecule is CCc1c(F)ccc2cc(O)cc(-c3ncc4c(N5C[C@@H]6C[C@@H](C(=O)O)[C@@H]6C5)nc(OC[C@@]56CCCN5C[C@H](F)C6)nc4c3F)c12. The van der Waals surface area contributed by atoms with Gasteiger partial charge in [-0.15, -0.1) is 0 Å². The quantitative estimate of drug-likeness (QED) is 0.272. The van der Waals surface area contributed by atoms with Gasteiger partial charge < -0.3 is 19.8 Å². The first-order valence-electron chi connectivity index (χ1n) is 16.0. The Morgan fingerprint density at radius 3 is 2.83 bits per heavy atom. The second kappa shape index (κ2) is 10.7. The molecule has 5 atom stereocenters. The van der Waals surface area contributed by atoms with Gasteiger partial charge in [-0.3, -0.25) is 14.7 Å². The molecule has 0 unspecified atom stereocenters. The van der Waals surface area contributed by atoms with Crippen molar-refractivity contribution in [2.75, 3.05) is 37.7 Å². The van der Waals surface area contributed by atoms with Crippen molar-refractivity contribution >= 4 is 33.5 Å². The molecular formula is C34H34F3N5O4. The molecule has 12 heteroatoms. The number of carboxylic acid groups (broad SMARTS) is 1. The lowest BCUT2D eigenvalue weighted by atomic mass is 9.67. The Kier molecular flexibility index (Phi) is 6.79. The fourth-order valence-corrected chi connectivity index (χ4v) is 8.56. The number of hydrogen-bond donors (Lipinski definition) is 2. The molecule has 3 saturated heterocycles. The molecule has 4 aliphatic rings. The monoisotopic (exact) mass is 633 g/mol. The number of carboxylic acids is 1. The second-order valence-electron chi connectivity index (χ2n) is 13.4. The first kappa shape index (κ1) is 29.2. The van der Waals surface area contributed by atoms with Crippen molar-refractivity contribution in [2.24, 2.45) is 17.8 Å². The highest BCUT2D eigenvalue weighted by Crippen LogP contribution is 2.48. The maximum atomic E-state index is 16.8. The second-order valence-corrected chi connectivity index (χ2v) is 13.4. The van der Waals surface area contributed by atoms with Crippen LogP contribution in [0.25, 0.3) is 32.9 Å². The number of hydrogen-bond acceptors (Lipinski definition) is 8. The van der Waals surface area contributed by atoms with E-state index in [0.29, 0.717) is 66.4 Å². The van der Waals surface area contributed by atoms with E-state index in [0.717, 1.165) is 19.4 Å². The highest BCUT2D eigenvalue weighted by molar-refractivity contribution is 6.01. The molecule has 5 heterocycles. The van der Waals surface area contributed by atoms with Gasteiger partial charge >= 0.3 is 12.0 Å². The van der Waals surface area contributed by atoms with Gasteiger partial charge in [-0.25, -0.2) is 13.2 Å². The Hall–Kier alpha value is -4.19. The maximum Gasteiger partial charge on any atom is 0.319 e. The van der Waals surface area contributed by atoms with Crippen LogP contribution >= 0.6 is 0 Å². The molecule has 46 heavy (non-hydrogen) atoms. The zero-order chi connectivity index (χ0) is 31.9. The fourth-order valence-electron chi connectivity index (χ4n) is 8.56. The minimum absolute atomic E-state index is 0.0455. The first-order chi connectivity index (χ1) is 22.2. The van der Waals surface area contributed by atoms with E-state index < -0.39 is 35.2 Å². The number of phenolic OH excluding ortho intramolecular Hbond substituents is 1. The molecule has 2 aromatic carbocycles. The van der Waals surface area contributed by atoms with Gasteiger partial charge in [0.15, 0.2) is 5.82 Å². The van der Waals surface area contributed by atoms with Crippen LogP contribution in [0.5, 0.6) is 11.8 Å². The lowest BCUT2D eigenvalue weighted by Gasteiger charge is -2.35. The van der Waals surface area contributed by atoms with Gasteiger partial charge in [0.1, 0.15) is 41.4 Å². The molecule has 0 spiro atoms. The van der Waals surface area contributed by atoms with Crippen LogP contribution in [-0.2, 0) is 11.2 Å². The van der Waals surface area contributed by atoms with Crippen molar-refractivity contribution in [3.8, 4) is 23.0 Å². The molecule has 0 radical (unpaired) electrons. The molecule has 4 aromatic rings. The third-order valence-electron chi connectivity index (χ3n) is 10.8. The van der Waals surface area contributed by atoms with Gasteiger partial charge in [-0.1, -0.05) is 13.0 Å². The van der Waals surface area contributed by atoms with Gasteiger partial charge in [0.05, 0.1) is 16.8 Å². The number of carbonyl (C=O) groups is 1. The summed E-state index contributed by atoms with van der Waals surface area (Å²) in [5.74, 6) is -2.05. The Labute approximate surface area is 263 Å². The number of rotatable bonds is 7. The summed E-state index contributed by atoms with van der Waals surface area (Å²) >= 11 is 0. The summed E-state index contributed by atoms with van der Waals surface area (Å²) in [7, 11) is 0. The number of fused-ring (bicyclic) bond motifs is 4. The van der Waals surface area contributed by atoms with E-state index in [1.54, 1.807) is 13.0 Å². The summed E-state index contributed by atoms with van der Waals surface area (Å²) in [6.45, 7) is 4.10. The molecule has 2 N–H and O–H groups in total. The third-order valence-corrected chi connectivity index (χ3v) is 10.8. The predicted molar refractivity (Wildman–Crippen MR) is 165 cm³/mol. The number of aromatic hydroxyl groups is 1. The number of pyridine rings is 1. The van der Waals surface area contributed by atoms with E-state index in [1.807, 2.05) is 4.90 Å². The molecule has 8 rings (SSSR count). The van der Waals surface area contributed by atoms with Crippen LogP contribution in [0.15, 0.2) is 30.5 Å². The van der Waals surface area contributed by atoms with Crippen molar-refractivity contribution in [2.45, 2.75) is 50.7 Å². The Morgan fingerprint density at radius 2 is 2.02 bits per heavy atom. The number of nitrogens with zero attached hydrogens (tertiary/aromatic N) is 5. The van der Waals surface area contributed by atoms with Crippen molar-refractivity contribution in [3.05, 3.63) is 47.7 Å². The standard InChI is InChI=1S/C34H34F3N5O4/c1-2-21-26(36)5-4-17-8-20(43)10-23(27(17)21)29-28(37)30-24(12-38-29)31(41-13-18-9-22(32(44)45)25(18)15-41)40-33(39-30)46-16-34-6-3-7-42(34)14-19(35)11-34/h4-5,8,10,12,18-19,22,25,43H,2-3,6-7,9,11,13-16H2,1H3,(H,44,45)/t18-,19+,22+,25+,34-/m0/s1. The molecule has 0 amide bonds. The largest absolute Gasteiger partial charge is 0.508 e. The Balaban J connectivity index is 1.25. The van der Waals surface area contributed by atoms with Crippen LogP contribution in [0.4, 0.5) is 19.0 Å². The van der Waals surface area contributed by atoms with E-state index in [2.05, 4.69) is 14.9 Å². The Bertz CT molecular complexity index is 1910. The maximum absolute atomic E-state index is 16.8. The number of ether oxygens (including phenoxy) is 1. The van der Waals surface area contributed by atoms with Crippen LogP contribution in [0.3, 0.4) is 0 Å². The van der Waals surface area contributed by atoms with E-state index in [-0.39, 0.29) is 47.0 Å². The molecule has 240 valence electrons. The summed E-state index contributed by atoms with van der Waals surface area (Å²) in [6.07, 6.45) is 3.51. The number of aryl methyl sites for hydroxylation is 1. The number of aliphatic carboxylic acids is 1.